The van der Waals surface area contributed by atoms with Gasteiger partial charge >= 0.3 is 0 Å². The average Bonchev–Trinajstić information content (AvgIpc) is 2.79. The van der Waals surface area contributed by atoms with Crippen LogP contribution in [0.5, 0.6) is 5.75 Å². The van der Waals surface area contributed by atoms with Crippen LogP contribution in [-0.4, -0.2) is 66.4 Å². The first-order valence-electron chi connectivity index (χ1n) is 10.2. The highest BCUT2D eigenvalue weighted by atomic mass is 35.5. The van der Waals surface area contributed by atoms with Gasteiger partial charge in [0.2, 0.25) is 11.8 Å². The van der Waals surface area contributed by atoms with Gasteiger partial charge in [0.1, 0.15) is 5.75 Å². The molecule has 1 aliphatic heterocycles. The third-order valence-corrected chi connectivity index (χ3v) is 5.72. The topological polar surface area (TPSA) is 105 Å². The van der Waals surface area contributed by atoms with Crippen molar-refractivity contribution in [1.82, 2.24) is 9.80 Å². The van der Waals surface area contributed by atoms with Crippen molar-refractivity contribution in [3.8, 4) is 5.75 Å². The van der Waals surface area contributed by atoms with Crippen LogP contribution >= 0.6 is 11.6 Å². The number of benzene rings is 2. The summed E-state index contributed by atoms with van der Waals surface area (Å²) in [5.74, 6) is 0.0633. The molecule has 3 rings (SSSR count). The molecule has 9 nitrogen and oxygen atoms in total. The second-order valence-corrected chi connectivity index (χ2v) is 7.84. The van der Waals surface area contributed by atoms with Gasteiger partial charge in [0.25, 0.3) is 5.69 Å². The molecule has 0 atom stereocenters. The highest BCUT2D eigenvalue weighted by molar-refractivity contribution is 6.31. The Morgan fingerprint density at radius 1 is 1.16 bits per heavy atom. The number of nitrogens with zero attached hydrogens (tertiary/aromatic N) is 3. The van der Waals surface area contributed by atoms with E-state index < -0.39 is 4.92 Å². The van der Waals surface area contributed by atoms with E-state index in [0.29, 0.717) is 43.4 Å². The van der Waals surface area contributed by atoms with Crippen LogP contribution in [0.1, 0.15) is 12.0 Å². The van der Waals surface area contributed by atoms with E-state index in [1.54, 1.807) is 6.07 Å². The van der Waals surface area contributed by atoms with Gasteiger partial charge in [-0.15, -0.1) is 0 Å². The number of methoxy groups -OCH3 is 1. The summed E-state index contributed by atoms with van der Waals surface area (Å²) in [6.07, 6.45) is 0.535. The quantitative estimate of drug-likeness (QED) is 0.479. The van der Waals surface area contributed by atoms with E-state index in [-0.39, 0.29) is 36.1 Å². The Morgan fingerprint density at radius 2 is 1.88 bits per heavy atom. The summed E-state index contributed by atoms with van der Waals surface area (Å²) in [4.78, 5) is 39.2. The first-order valence-corrected chi connectivity index (χ1v) is 10.6. The zero-order valence-corrected chi connectivity index (χ0v) is 18.5. The molecule has 0 spiro atoms. The number of hydrogen-bond donors (Lipinski definition) is 1. The number of amides is 2. The largest absolute Gasteiger partial charge is 0.494 e. The molecule has 2 aromatic carbocycles. The molecule has 2 aromatic rings. The number of nitro groups is 1. The van der Waals surface area contributed by atoms with Crippen LogP contribution in [-0.2, 0) is 16.0 Å². The summed E-state index contributed by atoms with van der Waals surface area (Å²) < 4.78 is 5.14. The molecular weight excluding hydrogens is 436 g/mol. The number of nitrogens with one attached hydrogen (secondary N) is 1. The number of carbonyl (C=O) groups is 2. The normalized spacial score (nSPS) is 14.1. The Labute approximate surface area is 191 Å². The van der Waals surface area contributed by atoms with Gasteiger partial charge < -0.3 is 15.0 Å². The third kappa shape index (κ3) is 6.18. The van der Waals surface area contributed by atoms with E-state index in [9.17, 15) is 19.7 Å². The molecular formula is C22H25ClN4O5. The number of halogens is 1. The molecule has 2 amide bonds. The Kier molecular flexibility index (Phi) is 8.02. The molecule has 0 radical (unpaired) electrons. The van der Waals surface area contributed by atoms with Crippen LogP contribution in [0.25, 0.3) is 0 Å². The summed E-state index contributed by atoms with van der Waals surface area (Å²) in [6.45, 7) is 3.11. The van der Waals surface area contributed by atoms with Crippen LogP contribution in [0.15, 0.2) is 42.5 Å². The van der Waals surface area contributed by atoms with E-state index in [1.807, 2.05) is 23.1 Å². The monoisotopic (exact) mass is 460 g/mol. The predicted molar refractivity (Wildman–Crippen MR) is 121 cm³/mol. The molecule has 0 bridgehead atoms. The van der Waals surface area contributed by atoms with E-state index in [2.05, 4.69) is 10.2 Å². The van der Waals surface area contributed by atoms with Crippen molar-refractivity contribution in [3.63, 3.8) is 0 Å². The maximum Gasteiger partial charge on any atom is 0.273 e. The maximum atomic E-state index is 12.6. The van der Waals surface area contributed by atoms with Crippen LogP contribution in [0, 0.1) is 10.1 Å². The molecule has 1 aliphatic rings. The Morgan fingerprint density at radius 3 is 2.53 bits per heavy atom. The van der Waals surface area contributed by atoms with Gasteiger partial charge in [-0.1, -0.05) is 29.8 Å². The van der Waals surface area contributed by atoms with Crippen molar-refractivity contribution < 1.29 is 19.2 Å². The maximum absolute atomic E-state index is 12.6. The van der Waals surface area contributed by atoms with Crippen LogP contribution in [0.3, 0.4) is 0 Å². The minimum absolute atomic E-state index is 0.0424. The number of carbonyl (C=O) groups excluding carboxylic acids is 2. The molecule has 170 valence electrons. The Bertz CT molecular complexity index is 992. The van der Waals surface area contributed by atoms with Crippen molar-refractivity contribution in [2.24, 2.45) is 0 Å². The molecule has 0 unspecified atom stereocenters. The highest BCUT2D eigenvalue weighted by Crippen LogP contribution is 2.29. The summed E-state index contributed by atoms with van der Waals surface area (Å²) in [5, 5.41) is 14.2. The average molecular weight is 461 g/mol. The van der Waals surface area contributed by atoms with Gasteiger partial charge in [0.05, 0.1) is 30.2 Å². The molecule has 0 aliphatic carbocycles. The summed E-state index contributed by atoms with van der Waals surface area (Å²) in [6, 6.07) is 11.4. The van der Waals surface area contributed by atoms with Crippen LogP contribution in [0.2, 0.25) is 5.02 Å². The lowest BCUT2D eigenvalue weighted by molar-refractivity contribution is -0.384. The first-order chi connectivity index (χ1) is 15.4. The fraction of sp³-hybridized carbons (Fsp3) is 0.364. The van der Waals surface area contributed by atoms with Gasteiger partial charge in [0, 0.05) is 50.2 Å². The van der Waals surface area contributed by atoms with E-state index >= 15 is 0 Å². The van der Waals surface area contributed by atoms with Gasteiger partial charge in [-0.3, -0.25) is 24.6 Å². The minimum atomic E-state index is -0.521. The number of non-ortho nitro benzene ring substituents is 1. The SMILES string of the molecule is COc1cc([N+](=O)[O-])ccc1NC(=O)CCN1CCN(C(=O)Cc2ccccc2Cl)CC1. The standard InChI is InChI=1S/C22H25ClN4O5/c1-32-20-15-17(27(30)31)6-7-19(20)24-21(28)8-9-25-10-12-26(13-11-25)22(29)14-16-4-2-3-5-18(16)23/h2-7,15H,8-14H2,1H3,(H,24,28). The lowest BCUT2D eigenvalue weighted by Crippen LogP contribution is -2.49. The summed E-state index contributed by atoms with van der Waals surface area (Å²) >= 11 is 6.15. The highest BCUT2D eigenvalue weighted by Gasteiger charge is 2.22. The van der Waals surface area contributed by atoms with Crippen LogP contribution < -0.4 is 10.1 Å². The van der Waals surface area contributed by atoms with Crippen molar-refractivity contribution >= 4 is 34.8 Å². The lowest BCUT2D eigenvalue weighted by atomic mass is 10.1. The van der Waals surface area contributed by atoms with Crippen molar-refractivity contribution in [2.45, 2.75) is 12.8 Å². The predicted octanol–water partition coefficient (Wildman–Crippen LogP) is 2.97. The summed E-state index contributed by atoms with van der Waals surface area (Å²) in [5.41, 5.74) is 1.10. The number of rotatable bonds is 8. The number of ether oxygens (including phenoxy) is 1. The molecule has 1 N–H and O–H groups in total. The fourth-order valence-electron chi connectivity index (χ4n) is 3.51. The van der Waals surface area contributed by atoms with Gasteiger partial charge in [0.15, 0.2) is 0 Å². The number of nitro benzene ring substituents is 1. The lowest BCUT2D eigenvalue weighted by Gasteiger charge is -2.34. The second kappa shape index (κ2) is 10.9. The molecule has 1 fully saturated rings. The van der Waals surface area contributed by atoms with E-state index in [4.69, 9.17) is 16.3 Å². The minimum Gasteiger partial charge on any atom is -0.494 e. The Balaban J connectivity index is 1.44. The van der Waals surface area contributed by atoms with E-state index in [0.717, 1.165) is 5.56 Å². The van der Waals surface area contributed by atoms with Crippen LogP contribution in [0.4, 0.5) is 11.4 Å². The third-order valence-electron chi connectivity index (χ3n) is 5.35. The molecule has 10 heteroatoms. The van der Waals surface area contributed by atoms with Crippen molar-refractivity contribution in [3.05, 3.63) is 63.2 Å². The molecule has 1 saturated heterocycles. The number of hydrogen-bond acceptors (Lipinski definition) is 6. The molecule has 0 aromatic heterocycles. The molecule has 32 heavy (non-hydrogen) atoms. The van der Waals surface area contributed by atoms with Crippen molar-refractivity contribution in [2.75, 3.05) is 45.2 Å². The smallest absolute Gasteiger partial charge is 0.273 e. The number of anilines is 1. The number of piperazine rings is 1. The first kappa shape index (κ1) is 23.5. The molecule has 1 heterocycles. The van der Waals surface area contributed by atoms with Crippen molar-refractivity contribution in [1.29, 1.82) is 0 Å². The Hall–Kier alpha value is -3.17. The zero-order chi connectivity index (χ0) is 23.1. The summed E-state index contributed by atoms with van der Waals surface area (Å²) in [7, 11) is 1.39. The van der Waals surface area contributed by atoms with Gasteiger partial charge in [-0.2, -0.15) is 0 Å². The zero-order valence-electron chi connectivity index (χ0n) is 17.8. The second-order valence-electron chi connectivity index (χ2n) is 7.43. The fourth-order valence-corrected chi connectivity index (χ4v) is 3.71. The van der Waals surface area contributed by atoms with Gasteiger partial charge in [-0.05, 0) is 17.7 Å². The van der Waals surface area contributed by atoms with Gasteiger partial charge in [-0.25, -0.2) is 0 Å². The molecule has 0 saturated carbocycles. The van der Waals surface area contributed by atoms with E-state index in [1.165, 1.54) is 25.3 Å².